The van der Waals surface area contributed by atoms with Crippen molar-refractivity contribution in [2.24, 2.45) is 0 Å². The SMILES string of the molecule is C[S@@](=O)c1ccc(CC(=O)OC2CCC2)cc1. The number of esters is 1. The van der Waals surface area contributed by atoms with Gasteiger partial charge >= 0.3 is 5.97 Å². The second-order valence-electron chi connectivity index (χ2n) is 4.32. The highest BCUT2D eigenvalue weighted by atomic mass is 32.2. The van der Waals surface area contributed by atoms with Gasteiger partial charge in [-0.25, -0.2) is 0 Å². The van der Waals surface area contributed by atoms with Crippen molar-refractivity contribution >= 4 is 16.8 Å². The van der Waals surface area contributed by atoms with Crippen LogP contribution in [0, 0.1) is 0 Å². The number of carbonyl (C=O) groups excluding carboxylic acids is 1. The molecule has 0 aliphatic heterocycles. The van der Waals surface area contributed by atoms with Gasteiger partial charge in [-0.2, -0.15) is 0 Å². The van der Waals surface area contributed by atoms with E-state index >= 15 is 0 Å². The molecule has 1 aromatic carbocycles. The molecule has 17 heavy (non-hydrogen) atoms. The summed E-state index contributed by atoms with van der Waals surface area (Å²) in [5.41, 5.74) is 0.906. The molecule has 0 heterocycles. The van der Waals surface area contributed by atoms with Crippen molar-refractivity contribution in [3.8, 4) is 0 Å². The van der Waals surface area contributed by atoms with Crippen molar-refractivity contribution in [2.45, 2.75) is 36.7 Å². The molecule has 0 spiro atoms. The second kappa shape index (κ2) is 5.45. The zero-order valence-corrected chi connectivity index (χ0v) is 10.7. The van der Waals surface area contributed by atoms with Gasteiger partial charge in [-0.05, 0) is 37.0 Å². The molecule has 3 nitrogen and oxygen atoms in total. The lowest BCUT2D eigenvalue weighted by Crippen LogP contribution is -2.25. The lowest BCUT2D eigenvalue weighted by Gasteiger charge is -2.25. The third-order valence-electron chi connectivity index (χ3n) is 2.95. The van der Waals surface area contributed by atoms with Gasteiger partial charge in [-0.15, -0.1) is 0 Å². The largest absolute Gasteiger partial charge is 0.462 e. The van der Waals surface area contributed by atoms with Gasteiger partial charge in [0.15, 0.2) is 0 Å². The zero-order chi connectivity index (χ0) is 12.3. The molecule has 92 valence electrons. The number of rotatable bonds is 4. The molecule has 2 rings (SSSR count). The van der Waals surface area contributed by atoms with Gasteiger partial charge < -0.3 is 4.74 Å². The first-order valence-corrected chi connectivity index (χ1v) is 7.33. The van der Waals surface area contributed by atoms with Crippen LogP contribution in [-0.4, -0.2) is 22.5 Å². The minimum atomic E-state index is -0.967. The Hall–Kier alpha value is -1.16. The molecule has 0 amide bonds. The van der Waals surface area contributed by atoms with Gasteiger partial charge in [0.05, 0.1) is 6.42 Å². The average molecular weight is 252 g/mol. The van der Waals surface area contributed by atoms with Crippen LogP contribution in [0.4, 0.5) is 0 Å². The fourth-order valence-corrected chi connectivity index (χ4v) is 2.20. The van der Waals surface area contributed by atoms with Crippen LogP contribution >= 0.6 is 0 Å². The van der Waals surface area contributed by atoms with Gasteiger partial charge in [-0.1, -0.05) is 12.1 Å². The molecule has 0 N–H and O–H groups in total. The molecule has 1 aliphatic rings. The van der Waals surface area contributed by atoms with E-state index in [4.69, 9.17) is 4.74 Å². The normalized spacial score (nSPS) is 17.2. The molecule has 0 radical (unpaired) electrons. The van der Waals surface area contributed by atoms with E-state index in [9.17, 15) is 9.00 Å². The van der Waals surface area contributed by atoms with E-state index in [2.05, 4.69) is 0 Å². The van der Waals surface area contributed by atoms with Crippen LogP contribution in [0.5, 0.6) is 0 Å². The third-order valence-corrected chi connectivity index (χ3v) is 3.89. The van der Waals surface area contributed by atoms with E-state index < -0.39 is 10.8 Å². The topological polar surface area (TPSA) is 43.4 Å². The minimum Gasteiger partial charge on any atom is -0.462 e. The quantitative estimate of drug-likeness (QED) is 0.770. The van der Waals surface area contributed by atoms with Crippen molar-refractivity contribution < 1.29 is 13.7 Å². The Morgan fingerprint density at radius 3 is 2.47 bits per heavy atom. The number of hydrogen-bond acceptors (Lipinski definition) is 3. The smallest absolute Gasteiger partial charge is 0.310 e. The first-order valence-electron chi connectivity index (χ1n) is 5.77. The average Bonchev–Trinajstić information content (AvgIpc) is 2.24. The van der Waals surface area contributed by atoms with Crippen molar-refractivity contribution in [1.82, 2.24) is 0 Å². The molecule has 0 saturated heterocycles. The summed E-state index contributed by atoms with van der Waals surface area (Å²) in [6.07, 6.45) is 5.24. The summed E-state index contributed by atoms with van der Waals surface area (Å²) in [6.45, 7) is 0. The number of hydrogen-bond donors (Lipinski definition) is 0. The van der Waals surface area contributed by atoms with Crippen LogP contribution in [0.3, 0.4) is 0 Å². The fourth-order valence-electron chi connectivity index (χ4n) is 1.68. The van der Waals surface area contributed by atoms with Crippen LogP contribution in [0.25, 0.3) is 0 Å². The fraction of sp³-hybridized carbons (Fsp3) is 0.462. The maximum absolute atomic E-state index is 11.6. The summed E-state index contributed by atoms with van der Waals surface area (Å²) < 4.78 is 16.5. The zero-order valence-electron chi connectivity index (χ0n) is 9.85. The molecular formula is C13H16O3S. The van der Waals surface area contributed by atoms with Crippen LogP contribution < -0.4 is 0 Å². The highest BCUT2D eigenvalue weighted by Gasteiger charge is 2.21. The summed E-state index contributed by atoms with van der Waals surface area (Å²) in [5.74, 6) is -0.167. The summed E-state index contributed by atoms with van der Waals surface area (Å²) >= 11 is 0. The van der Waals surface area contributed by atoms with E-state index in [1.54, 1.807) is 18.4 Å². The Morgan fingerprint density at radius 1 is 1.35 bits per heavy atom. The predicted molar refractivity (Wildman–Crippen MR) is 66.2 cm³/mol. The second-order valence-corrected chi connectivity index (χ2v) is 5.70. The van der Waals surface area contributed by atoms with Gasteiger partial charge in [0.2, 0.25) is 0 Å². The maximum atomic E-state index is 11.6. The van der Waals surface area contributed by atoms with Crippen LogP contribution in [0.15, 0.2) is 29.2 Å². The molecule has 0 bridgehead atoms. The Balaban J connectivity index is 1.89. The number of carbonyl (C=O) groups is 1. The Kier molecular flexibility index (Phi) is 3.94. The van der Waals surface area contributed by atoms with Gasteiger partial charge in [0.25, 0.3) is 0 Å². The number of benzene rings is 1. The van der Waals surface area contributed by atoms with Gasteiger partial charge in [0, 0.05) is 22.0 Å². The van der Waals surface area contributed by atoms with Crippen LogP contribution in [0.2, 0.25) is 0 Å². The highest BCUT2D eigenvalue weighted by Crippen LogP contribution is 2.22. The third kappa shape index (κ3) is 3.40. The summed E-state index contributed by atoms with van der Waals surface area (Å²) in [7, 11) is -0.967. The highest BCUT2D eigenvalue weighted by molar-refractivity contribution is 7.84. The van der Waals surface area contributed by atoms with Crippen molar-refractivity contribution in [3.63, 3.8) is 0 Å². The summed E-state index contributed by atoms with van der Waals surface area (Å²) in [6, 6.07) is 7.25. The van der Waals surface area contributed by atoms with E-state index in [0.29, 0.717) is 6.42 Å². The molecular weight excluding hydrogens is 236 g/mol. The van der Waals surface area contributed by atoms with Crippen molar-refractivity contribution in [1.29, 1.82) is 0 Å². The van der Waals surface area contributed by atoms with Gasteiger partial charge in [0.1, 0.15) is 6.10 Å². The predicted octanol–water partition coefficient (Wildman–Crippen LogP) is 2.06. The summed E-state index contributed by atoms with van der Waals surface area (Å²) in [5, 5.41) is 0. The summed E-state index contributed by atoms with van der Waals surface area (Å²) in [4.78, 5) is 12.3. The molecule has 1 saturated carbocycles. The molecule has 1 aliphatic carbocycles. The lowest BCUT2D eigenvalue weighted by atomic mass is 9.96. The molecule has 1 fully saturated rings. The molecule has 4 heteroatoms. The number of ether oxygens (including phenoxy) is 1. The molecule has 0 aromatic heterocycles. The van der Waals surface area contributed by atoms with Crippen molar-refractivity contribution in [3.05, 3.63) is 29.8 Å². The van der Waals surface area contributed by atoms with E-state index in [0.717, 1.165) is 29.7 Å². The van der Waals surface area contributed by atoms with E-state index in [-0.39, 0.29) is 12.1 Å². The minimum absolute atomic E-state index is 0.143. The molecule has 0 unspecified atom stereocenters. The lowest BCUT2D eigenvalue weighted by molar-refractivity contribution is -0.152. The molecule has 1 aromatic rings. The van der Waals surface area contributed by atoms with Crippen molar-refractivity contribution in [2.75, 3.05) is 6.26 Å². The Morgan fingerprint density at radius 2 is 2.00 bits per heavy atom. The van der Waals surface area contributed by atoms with Crippen LogP contribution in [-0.2, 0) is 26.8 Å². The van der Waals surface area contributed by atoms with E-state index in [1.807, 2.05) is 12.1 Å². The standard InChI is InChI=1S/C13H16O3S/c1-17(15)12-7-5-10(6-8-12)9-13(14)16-11-3-2-4-11/h5-8,11H,2-4,9H2,1H3/t17-/m1/s1. The Bertz CT molecular complexity index is 421. The van der Waals surface area contributed by atoms with E-state index in [1.165, 1.54) is 0 Å². The first kappa shape index (κ1) is 12.3. The van der Waals surface area contributed by atoms with Gasteiger partial charge in [-0.3, -0.25) is 9.00 Å². The first-order chi connectivity index (χ1) is 8.15. The Labute approximate surface area is 104 Å². The van der Waals surface area contributed by atoms with Crippen LogP contribution in [0.1, 0.15) is 24.8 Å². The molecule has 1 atom stereocenters. The maximum Gasteiger partial charge on any atom is 0.310 e. The monoisotopic (exact) mass is 252 g/mol.